The summed E-state index contributed by atoms with van der Waals surface area (Å²) >= 11 is 5.83. The second kappa shape index (κ2) is 10.2. The van der Waals surface area contributed by atoms with Gasteiger partial charge in [-0.15, -0.1) is 10.2 Å². The second-order valence-corrected chi connectivity index (χ2v) is 9.12. The van der Waals surface area contributed by atoms with Gasteiger partial charge in [0.25, 0.3) is 0 Å². The van der Waals surface area contributed by atoms with Crippen molar-refractivity contribution in [3.05, 3.63) is 53.3 Å². The number of halogens is 1. The van der Waals surface area contributed by atoms with Gasteiger partial charge in [0.15, 0.2) is 11.6 Å². The first-order valence-electron chi connectivity index (χ1n) is 9.40. The zero-order chi connectivity index (χ0) is 23.3. The van der Waals surface area contributed by atoms with Gasteiger partial charge in [0.1, 0.15) is 23.7 Å². The van der Waals surface area contributed by atoms with Crippen molar-refractivity contribution in [2.45, 2.75) is 24.9 Å². The van der Waals surface area contributed by atoms with Gasteiger partial charge in [0.2, 0.25) is 16.0 Å². The number of hydrogen-bond acceptors (Lipinski definition) is 9. The Morgan fingerprint density at radius 1 is 1.12 bits per heavy atom. The van der Waals surface area contributed by atoms with E-state index < -0.39 is 21.4 Å². The predicted octanol–water partition coefficient (Wildman–Crippen LogP) is 2.38. The van der Waals surface area contributed by atoms with E-state index in [4.69, 9.17) is 25.8 Å². The highest BCUT2D eigenvalue weighted by Crippen LogP contribution is 2.29. The van der Waals surface area contributed by atoms with Crippen LogP contribution in [0.25, 0.3) is 5.69 Å². The van der Waals surface area contributed by atoms with E-state index in [9.17, 15) is 8.42 Å². The van der Waals surface area contributed by atoms with E-state index in [1.165, 1.54) is 45.2 Å². The van der Waals surface area contributed by atoms with E-state index in [-0.39, 0.29) is 18.4 Å². The van der Waals surface area contributed by atoms with E-state index >= 15 is 0 Å². The van der Waals surface area contributed by atoms with Gasteiger partial charge in [0, 0.05) is 26.6 Å². The molecule has 13 heteroatoms. The number of nitrogens with one attached hydrogen (secondary N) is 1. The Morgan fingerprint density at radius 3 is 2.44 bits per heavy atom. The molecule has 0 aliphatic heterocycles. The van der Waals surface area contributed by atoms with Crippen LogP contribution < -0.4 is 9.46 Å². The first-order chi connectivity index (χ1) is 15.3. The number of rotatable bonds is 10. The summed E-state index contributed by atoms with van der Waals surface area (Å²) in [5, 5.41) is 7.34. The normalized spacial score (nSPS) is 13.5. The highest BCUT2D eigenvalue weighted by atomic mass is 35.5. The van der Waals surface area contributed by atoms with Crippen LogP contribution in [0.5, 0.6) is 5.75 Å². The van der Waals surface area contributed by atoms with Crippen LogP contribution in [0.15, 0.2) is 36.7 Å². The largest absolute Gasteiger partial charge is 0.495 e. The Labute approximate surface area is 190 Å². The quantitative estimate of drug-likeness (QED) is 0.462. The molecule has 0 radical (unpaired) electrons. The molecule has 2 aromatic heterocycles. The van der Waals surface area contributed by atoms with Gasteiger partial charge < -0.3 is 14.2 Å². The molecule has 0 spiro atoms. The van der Waals surface area contributed by atoms with Crippen LogP contribution in [-0.2, 0) is 26.1 Å². The highest BCUT2D eigenvalue weighted by molar-refractivity contribution is 7.93. The van der Waals surface area contributed by atoms with Crippen molar-refractivity contribution < 1.29 is 22.6 Å². The molecule has 32 heavy (non-hydrogen) atoms. The number of para-hydroxylation sites is 2. The van der Waals surface area contributed by atoms with Crippen molar-refractivity contribution in [2.75, 3.05) is 26.1 Å². The molecule has 3 rings (SSSR count). The molecule has 0 saturated heterocycles. The molecule has 0 fully saturated rings. The number of methoxy groups -OCH3 is 3. The number of hydrogen-bond donors (Lipinski definition) is 1. The zero-order valence-electron chi connectivity index (χ0n) is 17.9. The van der Waals surface area contributed by atoms with Gasteiger partial charge in [-0.25, -0.2) is 18.4 Å². The van der Waals surface area contributed by atoms with Crippen molar-refractivity contribution in [1.82, 2.24) is 24.7 Å². The summed E-state index contributed by atoms with van der Waals surface area (Å²) in [6.07, 6.45) is 1.79. The minimum atomic E-state index is -4.03. The monoisotopic (exact) mass is 482 g/mol. The average Bonchev–Trinajstić information content (AvgIpc) is 3.16. The summed E-state index contributed by atoms with van der Waals surface area (Å²) in [6.45, 7) is 1.58. The van der Waals surface area contributed by atoms with Crippen LogP contribution >= 0.6 is 11.6 Å². The molecule has 11 nitrogen and oxygen atoms in total. The van der Waals surface area contributed by atoms with Gasteiger partial charge in [-0.05, 0) is 19.1 Å². The predicted molar refractivity (Wildman–Crippen MR) is 117 cm³/mol. The third-order valence-electron chi connectivity index (χ3n) is 4.63. The molecule has 0 aliphatic rings. The Kier molecular flexibility index (Phi) is 7.61. The van der Waals surface area contributed by atoms with Gasteiger partial charge >= 0.3 is 0 Å². The molecule has 1 N–H and O–H groups in total. The van der Waals surface area contributed by atoms with E-state index in [0.717, 1.165) is 0 Å². The maximum Gasteiger partial charge on any atom is 0.243 e. The van der Waals surface area contributed by atoms with Crippen LogP contribution in [0, 0.1) is 0 Å². The van der Waals surface area contributed by atoms with Crippen molar-refractivity contribution >= 4 is 27.6 Å². The van der Waals surface area contributed by atoms with E-state index in [0.29, 0.717) is 22.3 Å². The molecular formula is C19H23ClN6O5S. The zero-order valence-corrected chi connectivity index (χ0v) is 19.5. The van der Waals surface area contributed by atoms with Gasteiger partial charge in [-0.2, -0.15) is 0 Å². The SMILES string of the molecule is COCc1nnc(NS(=O)(=O)C(C)C(OC)c2ncc(Cl)cn2)n1-c1ccccc1OC. The molecule has 0 bridgehead atoms. The second-order valence-electron chi connectivity index (χ2n) is 6.65. The summed E-state index contributed by atoms with van der Waals surface area (Å²) in [7, 11) is 0.367. The van der Waals surface area contributed by atoms with Crippen molar-refractivity contribution in [3.8, 4) is 11.4 Å². The fourth-order valence-electron chi connectivity index (χ4n) is 3.03. The minimum Gasteiger partial charge on any atom is -0.495 e. The summed E-state index contributed by atoms with van der Waals surface area (Å²) in [6, 6.07) is 7.08. The molecule has 2 unspecified atom stereocenters. The van der Waals surface area contributed by atoms with E-state index in [2.05, 4.69) is 24.9 Å². The third kappa shape index (κ3) is 4.99. The van der Waals surface area contributed by atoms with Crippen LogP contribution in [0.1, 0.15) is 24.7 Å². The topological polar surface area (TPSA) is 130 Å². The number of ether oxygens (including phenoxy) is 3. The lowest BCUT2D eigenvalue weighted by atomic mass is 10.2. The molecule has 3 aromatic rings. The molecule has 0 saturated carbocycles. The fraction of sp³-hybridized carbons (Fsp3) is 0.368. The fourth-order valence-corrected chi connectivity index (χ4v) is 4.26. The summed E-state index contributed by atoms with van der Waals surface area (Å²) in [5.41, 5.74) is 0.543. The summed E-state index contributed by atoms with van der Waals surface area (Å²) in [5.74, 6) is 1.04. The van der Waals surface area contributed by atoms with Gasteiger partial charge in [-0.1, -0.05) is 23.7 Å². The van der Waals surface area contributed by atoms with Crippen LogP contribution in [0.3, 0.4) is 0 Å². The lowest BCUT2D eigenvalue weighted by Crippen LogP contribution is -2.33. The number of aromatic nitrogens is 5. The number of nitrogens with zero attached hydrogens (tertiary/aromatic N) is 5. The third-order valence-corrected chi connectivity index (χ3v) is 6.52. The van der Waals surface area contributed by atoms with Crippen LogP contribution in [0.2, 0.25) is 5.02 Å². The molecule has 2 atom stereocenters. The maximum absolute atomic E-state index is 13.2. The first kappa shape index (κ1) is 23.9. The molecule has 172 valence electrons. The highest BCUT2D eigenvalue weighted by Gasteiger charge is 2.34. The van der Waals surface area contributed by atoms with Crippen molar-refractivity contribution in [1.29, 1.82) is 0 Å². The Morgan fingerprint density at radius 2 is 1.81 bits per heavy atom. The van der Waals surface area contributed by atoms with Crippen molar-refractivity contribution in [3.63, 3.8) is 0 Å². The smallest absolute Gasteiger partial charge is 0.243 e. The van der Waals surface area contributed by atoms with E-state index in [1.807, 2.05) is 0 Å². The Balaban J connectivity index is 1.99. The number of anilines is 1. The lowest BCUT2D eigenvalue weighted by Gasteiger charge is -2.22. The summed E-state index contributed by atoms with van der Waals surface area (Å²) in [4.78, 5) is 8.16. The minimum absolute atomic E-state index is 0.0275. The van der Waals surface area contributed by atoms with Gasteiger partial charge in [0.05, 0.1) is 17.8 Å². The van der Waals surface area contributed by atoms with Crippen LogP contribution in [-0.4, -0.2) is 59.7 Å². The molecule has 1 aromatic carbocycles. The summed E-state index contributed by atoms with van der Waals surface area (Å²) < 4.78 is 46.5. The van der Waals surface area contributed by atoms with Crippen molar-refractivity contribution in [2.24, 2.45) is 0 Å². The molecule has 2 heterocycles. The lowest BCUT2D eigenvalue weighted by molar-refractivity contribution is 0.0950. The number of benzene rings is 1. The molecule has 0 amide bonds. The first-order valence-corrected chi connectivity index (χ1v) is 11.3. The Bertz CT molecular complexity index is 1160. The van der Waals surface area contributed by atoms with Gasteiger partial charge in [-0.3, -0.25) is 9.29 Å². The van der Waals surface area contributed by atoms with E-state index in [1.54, 1.807) is 24.3 Å². The van der Waals surface area contributed by atoms with Crippen LogP contribution in [0.4, 0.5) is 5.95 Å². The average molecular weight is 483 g/mol. The number of sulfonamides is 1. The standard InChI is InChI=1S/C19H23ClN6O5S/c1-12(17(31-4)18-21-9-13(20)10-22-18)32(27,28)25-19-24-23-16(11-29-2)26(19)14-7-5-6-8-15(14)30-3/h5-10,12,17H,11H2,1-4H3,(H,24,25). The molecule has 0 aliphatic carbocycles. The molecular weight excluding hydrogens is 460 g/mol. The maximum atomic E-state index is 13.2. The Hall–Kier alpha value is -2.80.